The van der Waals surface area contributed by atoms with E-state index in [1.165, 1.54) is 11.1 Å². The van der Waals surface area contributed by atoms with Crippen LogP contribution in [0, 0.1) is 6.92 Å². The molecule has 0 bridgehead atoms. The molecule has 1 aliphatic heterocycles. The van der Waals surface area contributed by atoms with Crippen molar-refractivity contribution in [3.05, 3.63) is 53.3 Å². The molecule has 27 heavy (non-hydrogen) atoms. The summed E-state index contributed by atoms with van der Waals surface area (Å²) in [4.78, 5) is 4.68. The third-order valence-corrected chi connectivity index (χ3v) is 4.51. The van der Waals surface area contributed by atoms with Gasteiger partial charge in [0, 0.05) is 44.5 Å². The number of aliphatic imine (C=N–C) groups is 1. The Morgan fingerprint density at radius 2 is 2.22 bits per heavy atom. The van der Waals surface area contributed by atoms with E-state index < -0.39 is 0 Å². The second-order valence-electron chi connectivity index (χ2n) is 6.95. The molecule has 1 unspecified atom stereocenters. The zero-order valence-corrected chi connectivity index (χ0v) is 16.5. The molecule has 0 saturated carbocycles. The molecule has 0 amide bonds. The molecule has 0 spiro atoms. The van der Waals surface area contributed by atoms with Crippen LogP contribution in [0.3, 0.4) is 0 Å². The predicted octanol–water partition coefficient (Wildman–Crippen LogP) is 2.76. The maximum Gasteiger partial charge on any atom is 0.191 e. The quantitative estimate of drug-likeness (QED) is 0.581. The van der Waals surface area contributed by atoms with Gasteiger partial charge in [-0.3, -0.25) is 0 Å². The molecule has 1 aromatic heterocycles. The first kappa shape index (κ1) is 19.3. The molecular weight excluding hydrogens is 340 g/mol. The van der Waals surface area contributed by atoms with E-state index >= 15 is 0 Å². The van der Waals surface area contributed by atoms with Crippen LogP contribution >= 0.6 is 0 Å². The van der Waals surface area contributed by atoms with Gasteiger partial charge in [0.15, 0.2) is 5.96 Å². The summed E-state index contributed by atoms with van der Waals surface area (Å²) >= 11 is 0. The zero-order valence-electron chi connectivity index (χ0n) is 16.5. The van der Waals surface area contributed by atoms with E-state index in [2.05, 4.69) is 59.9 Å². The average molecular weight is 370 g/mol. The van der Waals surface area contributed by atoms with Crippen LogP contribution in [-0.2, 0) is 24.9 Å². The van der Waals surface area contributed by atoms with E-state index in [9.17, 15) is 0 Å². The van der Waals surface area contributed by atoms with Crippen molar-refractivity contribution in [3.8, 4) is 5.75 Å². The Morgan fingerprint density at radius 3 is 2.93 bits per heavy atom. The van der Waals surface area contributed by atoms with Crippen LogP contribution in [0.2, 0.25) is 0 Å². The normalized spacial score (nSPS) is 17.1. The lowest BCUT2D eigenvalue weighted by molar-refractivity contribution is 0.140. The molecule has 1 aliphatic rings. The van der Waals surface area contributed by atoms with E-state index in [-0.39, 0.29) is 6.10 Å². The molecule has 146 valence electrons. The Morgan fingerprint density at radius 1 is 1.33 bits per heavy atom. The first-order valence-electron chi connectivity index (χ1n) is 9.61. The number of hydrogen-bond acceptors (Lipinski definition) is 3. The van der Waals surface area contributed by atoms with Gasteiger partial charge in [0.05, 0.1) is 19.8 Å². The molecule has 0 aliphatic carbocycles. The Bertz CT molecular complexity index is 763. The largest absolute Gasteiger partial charge is 0.488 e. The van der Waals surface area contributed by atoms with Gasteiger partial charge in [0.1, 0.15) is 11.9 Å². The molecule has 2 N–H and O–H groups in total. The van der Waals surface area contributed by atoms with Gasteiger partial charge in [-0.05, 0) is 37.1 Å². The molecule has 1 fully saturated rings. The van der Waals surface area contributed by atoms with Crippen molar-refractivity contribution >= 4 is 5.96 Å². The minimum Gasteiger partial charge on any atom is -0.488 e. The van der Waals surface area contributed by atoms with Crippen molar-refractivity contribution in [2.24, 2.45) is 12.0 Å². The Hall–Kier alpha value is -2.47. The fourth-order valence-corrected chi connectivity index (χ4v) is 3.05. The van der Waals surface area contributed by atoms with E-state index in [0.717, 1.165) is 36.8 Å². The Labute approximate surface area is 161 Å². The van der Waals surface area contributed by atoms with Crippen LogP contribution in [0.1, 0.15) is 30.0 Å². The number of aryl methyl sites for hydroxylation is 2. The molecule has 1 atom stereocenters. The molecule has 2 heterocycles. The molecular formula is C21H30N4O2. The van der Waals surface area contributed by atoms with Crippen molar-refractivity contribution < 1.29 is 9.47 Å². The summed E-state index contributed by atoms with van der Waals surface area (Å²) in [5.41, 5.74) is 3.51. The van der Waals surface area contributed by atoms with Crippen LogP contribution in [0.25, 0.3) is 0 Å². The van der Waals surface area contributed by atoms with Crippen molar-refractivity contribution in [2.45, 2.75) is 39.5 Å². The van der Waals surface area contributed by atoms with Crippen molar-refractivity contribution in [3.63, 3.8) is 0 Å². The van der Waals surface area contributed by atoms with Crippen molar-refractivity contribution in [1.82, 2.24) is 15.2 Å². The summed E-state index contributed by atoms with van der Waals surface area (Å²) in [5, 5.41) is 6.72. The maximum atomic E-state index is 6.18. The van der Waals surface area contributed by atoms with Gasteiger partial charge in [0.2, 0.25) is 0 Å². The smallest absolute Gasteiger partial charge is 0.191 e. The second-order valence-corrected chi connectivity index (χ2v) is 6.95. The van der Waals surface area contributed by atoms with Crippen LogP contribution < -0.4 is 15.4 Å². The van der Waals surface area contributed by atoms with Gasteiger partial charge in [-0.1, -0.05) is 12.1 Å². The van der Waals surface area contributed by atoms with Gasteiger partial charge in [-0.2, -0.15) is 0 Å². The fourth-order valence-electron chi connectivity index (χ4n) is 3.05. The number of nitrogens with one attached hydrogen (secondary N) is 2. The predicted molar refractivity (Wildman–Crippen MR) is 108 cm³/mol. The van der Waals surface area contributed by atoms with Crippen LogP contribution in [-0.4, -0.2) is 36.4 Å². The molecule has 1 saturated heterocycles. The minimum absolute atomic E-state index is 0.144. The summed E-state index contributed by atoms with van der Waals surface area (Å²) in [5.74, 6) is 1.73. The van der Waals surface area contributed by atoms with Gasteiger partial charge >= 0.3 is 0 Å². The summed E-state index contributed by atoms with van der Waals surface area (Å²) in [6, 6.07) is 8.42. The highest BCUT2D eigenvalue weighted by molar-refractivity contribution is 5.79. The average Bonchev–Trinajstić information content (AvgIpc) is 3.30. The Balaban J connectivity index is 1.65. The number of benzene rings is 1. The SMILES string of the molecule is CCNC(=NCc1ccn(C)c1)NCc1ccc(C)cc1OC1CCOC1. The summed E-state index contributed by atoms with van der Waals surface area (Å²) in [6.07, 6.45) is 5.21. The van der Waals surface area contributed by atoms with Gasteiger partial charge in [-0.15, -0.1) is 0 Å². The topological polar surface area (TPSA) is 59.8 Å². The van der Waals surface area contributed by atoms with Crippen LogP contribution in [0.4, 0.5) is 0 Å². The lowest BCUT2D eigenvalue weighted by Gasteiger charge is -2.18. The molecule has 6 nitrogen and oxygen atoms in total. The van der Waals surface area contributed by atoms with E-state index in [4.69, 9.17) is 9.47 Å². The van der Waals surface area contributed by atoms with Crippen molar-refractivity contribution in [1.29, 1.82) is 0 Å². The number of aromatic nitrogens is 1. The third kappa shape index (κ3) is 5.76. The number of ether oxygens (including phenoxy) is 2. The molecule has 3 rings (SSSR count). The van der Waals surface area contributed by atoms with Gasteiger partial charge < -0.3 is 24.7 Å². The van der Waals surface area contributed by atoms with Gasteiger partial charge in [0.25, 0.3) is 0 Å². The first-order chi connectivity index (χ1) is 13.1. The van der Waals surface area contributed by atoms with E-state index in [1.54, 1.807) is 0 Å². The highest BCUT2D eigenvalue weighted by Crippen LogP contribution is 2.23. The van der Waals surface area contributed by atoms with E-state index in [1.807, 2.05) is 17.8 Å². The number of hydrogen-bond donors (Lipinski definition) is 2. The summed E-state index contributed by atoms with van der Waals surface area (Å²) in [7, 11) is 2.02. The Kier molecular flexibility index (Phi) is 6.76. The van der Waals surface area contributed by atoms with Crippen LogP contribution in [0.15, 0.2) is 41.7 Å². The monoisotopic (exact) mass is 370 g/mol. The highest BCUT2D eigenvalue weighted by atomic mass is 16.5. The lowest BCUT2D eigenvalue weighted by atomic mass is 10.1. The maximum absolute atomic E-state index is 6.18. The number of guanidine groups is 1. The number of nitrogens with zero attached hydrogens (tertiary/aromatic N) is 2. The fraction of sp³-hybridized carbons (Fsp3) is 0.476. The lowest BCUT2D eigenvalue weighted by Crippen LogP contribution is -2.37. The summed E-state index contributed by atoms with van der Waals surface area (Å²) < 4.78 is 13.7. The van der Waals surface area contributed by atoms with Crippen LogP contribution in [0.5, 0.6) is 5.75 Å². The minimum atomic E-state index is 0.144. The molecule has 0 radical (unpaired) electrons. The summed E-state index contributed by atoms with van der Waals surface area (Å²) in [6.45, 7) is 7.72. The van der Waals surface area contributed by atoms with E-state index in [0.29, 0.717) is 19.7 Å². The highest BCUT2D eigenvalue weighted by Gasteiger charge is 2.18. The van der Waals surface area contributed by atoms with Crippen molar-refractivity contribution in [2.75, 3.05) is 19.8 Å². The molecule has 2 aromatic rings. The third-order valence-electron chi connectivity index (χ3n) is 4.51. The zero-order chi connectivity index (χ0) is 19.1. The molecule has 1 aromatic carbocycles. The van der Waals surface area contributed by atoms with Gasteiger partial charge in [-0.25, -0.2) is 4.99 Å². The molecule has 6 heteroatoms. The standard InChI is InChI=1S/C21H30N4O2/c1-4-22-21(23-12-17-7-9-25(3)14-17)24-13-18-6-5-16(2)11-20(18)27-19-8-10-26-15-19/h5-7,9,11,14,19H,4,8,10,12-13,15H2,1-3H3,(H2,22,23,24). The second kappa shape index (κ2) is 9.46. The number of rotatable bonds is 7. The first-order valence-corrected chi connectivity index (χ1v) is 9.61.